The zero-order valence-electron chi connectivity index (χ0n) is 11.7. The molecule has 1 aliphatic rings. The molecule has 118 valence electrons. The van der Waals surface area contributed by atoms with Gasteiger partial charge < -0.3 is 5.32 Å². The SMILES string of the molecule is O=S(=O)(CCCNC1CC1)NCCc1cc(F)cc(F)c1. The standard InChI is InChI=1S/C14H20F2N2O2S/c15-12-8-11(9-13(16)10-12)4-6-18-21(19,20)7-1-5-17-14-2-3-14/h8-10,14,17-18H,1-7H2. The summed E-state index contributed by atoms with van der Waals surface area (Å²) in [5, 5.41) is 3.25. The topological polar surface area (TPSA) is 58.2 Å². The molecule has 4 nitrogen and oxygen atoms in total. The number of benzene rings is 1. The number of rotatable bonds is 9. The summed E-state index contributed by atoms with van der Waals surface area (Å²) in [7, 11) is -3.33. The highest BCUT2D eigenvalue weighted by atomic mass is 32.2. The summed E-state index contributed by atoms with van der Waals surface area (Å²) in [5.41, 5.74) is 0.436. The normalized spacial score (nSPS) is 15.3. The van der Waals surface area contributed by atoms with Crippen molar-refractivity contribution >= 4 is 10.0 Å². The molecule has 0 amide bonds. The average molecular weight is 318 g/mol. The number of halogens is 2. The van der Waals surface area contributed by atoms with E-state index >= 15 is 0 Å². The van der Waals surface area contributed by atoms with Crippen LogP contribution in [-0.4, -0.2) is 33.3 Å². The van der Waals surface area contributed by atoms with Crippen LogP contribution in [-0.2, 0) is 16.4 Å². The van der Waals surface area contributed by atoms with Crippen LogP contribution in [0.1, 0.15) is 24.8 Å². The predicted molar refractivity (Wildman–Crippen MR) is 77.5 cm³/mol. The van der Waals surface area contributed by atoms with E-state index in [9.17, 15) is 17.2 Å². The zero-order valence-corrected chi connectivity index (χ0v) is 12.6. The first kappa shape index (κ1) is 16.3. The number of hydrogen-bond acceptors (Lipinski definition) is 3. The quantitative estimate of drug-likeness (QED) is 0.680. The van der Waals surface area contributed by atoms with Crippen molar-refractivity contribution in [2.45, 2.75) is 31.7 Å². The lowest BCUT2D eigenvalue weighted by molar-refractivity contribution is 0.572. The molecule has 1 aliphatic carbocycles. The van der Waals surface area contributed by atoms with Crippen molar-refractivity contribution in [3.8, 4) is 0 Å². The molecule has 1 fully saturated rings. The third-order valence-electron chi connectivity index (χ3n) is 3.26. The molecule has 0 unspecified atom stereocenters. The maximum Gasteiger partial charge on any atom is 0.211 e. The molecule has 2 rings (SSSR count). The van der Waals surface area contributed by atoms with Gasteiger partial charge in [0.1, 0.15) is 11.6 Å². The molecule has 0 atom stereocenters. The van der Waals surface area contributed by atoms with E-state index in [1.165, 1.54) is 25.0 Å². The van der Waals surface area contributed by atoms with E-state index in [1.54, 1.807) is 0 Å². The highest BCUT2D eigenvalue weighted by molar-refractivity contribution is 7.89. The first-order valence-corrected chi connectivity index (χ1v) is 8.75. The molecular weight excluding hydrogens is 298 g/mol. The zero-order chi connectivity index (χ0) is 15.3. The van der Waals surface area contributed by atoms with Crippen LogP contribution in [0.15, 0.2) is 18.2 Å². The Morgan fingerprint density at radius 3 is 2.38 bits per heavy atom. The molecule has 0 heterocycles. The molecule has 1 aromatic carbocycles. The maximum absolute atomic E-state index is 13.0. The van der Waals surface area contributed by atoms with Gasteiger partial charge >= 0.3 is 0 Å². The summed E-state index contributed by atoms with van der Waals surface area (Å²) in [4.78, 5) is 0. The second kappa shape index (κ2) is 7.29. The summed E-state index contributed by atoms with van der Waals surface area (Å²) in [5.74, 6) is -1.25. The molecule has 0 radical (unpaired) electrons. The minimum Gasteiger partial charge on any atom is -0.314 e. The molecule has 1 aromatic rings. The smallest absolute Gasteiger partial charge is 0.211 e. The van der Waals surface area contributed by atoms with Gasteiger partial charge in [0.15, 0.2) is 0 Å². The monoisotopic (exact) mass is 318 g/mol. The van der Waals surface area contributed by atoms with Crippen LogP contribution in [0.3, 0.4) is 0 Å². The Kier molecular flexibility index (Phi) is 5.66. The van der Waals surface area contributed by atoms with Gasteiger partial charge in [0.25, 0.3) is 0 Å². The number of hydrogen-bond donors (Lipinski definition) is 2. The van der Waals surface area contributed by atoms with Crippen LogP contribution < -0.4 is 10.0 Å². The maximum atomic E-state index is 13.0. The van der Waals surface area contributed by atoms with Crippen molar-refractivity contribution in [1.82, 2.24) is 10.0 Å². The molecule has 0 aliphatic heterocycles. The van der Waals surface area contributed by atoms with Gasteiger partial charge in [0.2, 0.25) is 10.0 Å². The Hall–Kier alpha value is -1.05. The largest absolute Gasteiger partial charge is 0.314 e. The fraction of sp³-hybridized carbons (Fsp3) is 0.571. The van der Waals surface area contributed by atoms with Crippen LogP contribution in [0.4, 0.5) is 8.78 Å². The second-order valence-electron chi connectivity index (χ2n) is 5.32. The summed E-state index contributed by atoms with van der Waals surface area (Å²) in [6.07, 6.45) is 3.17. The van der Waals surface area contributed by atoms with Crippen LogP contribution >= 0.6 is 0 Å². The molecule has 1 saturated carbocycles. The van der Waals surface area contributed by atoms with Crippen LogP contribution in [0.2, 0.25) is 0 Å². The van der Waals surface area contributed by atoms with E-state index in [4.69, 9.17) is 0 Å². The fourth-order valence-corrected chi connectivity index (χ4v) is 3.12. The highest BCUT2D eigenvalue weighted by Gasteiger charge is 2.20. The summed E-state index contributed by atoms with van der Waals surface area (Å²) in [6.45, 7) is 0.835. The van der Waals surface area contributed by atoms with E-state index in [0.29, 0.717) is 24.6 Å². The van der Waals surface area contributed by atoms with Crippen molar-refractivity contribution in [3.05, 3.63) is 35.4 Å². The van der Waals surface area contributed by atoms with Crippen molar-refractivity contribution in [3.63, 3.8) is 0 Å². The molecule has 0 saturated heterocycles. The van der Waals surface area contributed by atoms with E-state index < -0.39 is 21.7 Å². The Labute approximate surface area is 124 Å². The summed E-state index contributed by atoms with van der Waals surface area (Å²) >= 11 is 0. The van der Waals surface area contributed by atoms with Gasteiger partial charge in [0.05, 0.1) is 5.75 Å². The Balaban J connectivity index is 1.67. The third kappa shape index (κ3) is 6.50. The van der Waals surface area contributed by atoms with Crippen molar-refractivity contribution < 1.29 is 17.2 Å². The Bertz CT molecular complexity index is 554. The molecule has 21 heavy (non-hydrogen) atoms. The van der Waals surface area contributed by atoms with Gasteiger partial charge in [-0.3, -0.25) is 0 Å². The first-order valence-electron chi connectivity index (χ1n) is 7.10. The van der Waals surface area contributed by atoms with Gasteiger partial charge in [-0.25, -0.2) is 21.9 Å². The summed E-state index contributed by atoms with van der Waals surface area (Å²) < 4.78 is 51.9. The molecule has 0 spiro atoms. The van der Waals surface area contributed by atoms with Gasteiger partial charge in [0, 0.05) is 18.7 Å². The minimum atomic E-state index is -3.33. The Morgan fingerprint density at radius 2 is 1.76 bits per heavy atom. The van der Waals surface area contributed by atoms with Gasteiger partial charge in [-0.05, 0) is 49.9 Å². The predicted octanol–water partition coefficient (Wildman–Crippen LogP) is 1.57. The third-order valence-corrected chi connectivity index (χ3v) is 4.73. The molecular formula is C14H20F2N2O2S. The van der Waals surface area contributed by atoms with Crippen molar-refractivity contribution in [2.75, 3.05) is 18.8 Å². The highest BCUT2D eigenvalue weighted by Crippen LogP contribution is 2.18. The van der Waals surface area contributed by atoms with Crippen LogP contribution in [0.5, 0.6) is 0 Å². The average Bonchev–Trinajstić information content (AvgIpc) is 3.17. The van der Waals surface area contributed by atoms with Crippen LogP contribution in [0.25, 0.3) is 0 Å². The fourth-order valence-electron chi connectivity index (χ4n) is 2.03. The van der Waals surface area contributed by atoms with Crippen molar-refractivity contribution in [1.29, 1.82) is 0 Å². The van der Waals surface area contributed by atoms with E-state index in [1.807, 2.05) is 0 Å². The van der Waals surface area contributed by atoms with E-state index in [-0.39, 0.29) is 18.7 Å². The number of nitrogens with one attached hydrogen (secondary N) is 2. The molecule has 7 heteroatoms. The summed E-state index contributed by atoms with van der Waals surface area (Å²) in [6, 6.07) is 3.78. The lowest BCUT2D eigenvalue weighted by Gasteiger charge is -2.07. The first-order chi connectivity index (χ1) is 9.94. The van der Waals surface area contributed by atoms with E-state index in [2.05, 4.69) is 10.0 Å². The number of sulfonamides is 1. The molecule has 0 bridgehead atoms. The Morgan fingerprint density at radius 1 is 1.10 bits per heavy atom. The van der Waals surface area contributed by atoms with Crippen LogP contribution in [0, 0.1) is 11.6 Å². The molecule has 0 aromatic heterocycles. The lowest BCUT2D eigenvalue weighted by Crippen LogP contribution is -2.30. The minimum absolute atomic E-state index is 0.0598. The van der Waals surface area contributed by atoms with Gasteiger partial charge in [-0.2, -0.15) is 0 Å². The van der Waals surface area contributed by atoms with Crippen molar-refractivity contribution in [2.24, 2.45) is 0 Å². The molecule has 2 N–H and O–H groups in total. The van der Waals surface area contributed by atoms with Gasteiger partial charge in [-0.1, -0.05) is 0 Å². The lowest BCUT2D eigenvalue weighted by atomic mass is 10.1. The van der Waals surface area contributed by atoms with E-state index in [0.717, 1.165) is 6.07 Å². The second-order valence-corrected chi connectivity index (χ2v) is 7.25. The van der Waals surface area contributed by atoms with Gasteiger partial charge in [-0.15, -0.1) is 0 Å².